The Labute approximate surface area is 136 Å². The lowest BCUT2D eigenvalue weighted by molar-refractivity contribution is 0.102. The molecule has 5 nitrogen and oxygen atoms in total. The SMILES string of the molecule is CCn1nc(C(=O)Nc2nc3c(C)ccc(Cl)c3s2)cc1C. The van der Waals surface area contributed by atoms with Gasteiger partial charge in [0.15, 0.2) is 10.8 Å². The number of halogens is 1. The molecule has 7 heteroatoms. The number of aryl methyl sites for hydroxylation is 3. The molecule has 2 aromatic heterocycles. The molecule has 0 unspecified atom stereocenters. The Hall–Kier alpha value is -1.92. The molecule has 0 aliphatic rings. The number of thiazole rings is 1. The van der Waals surface area contributed by atoms with E-state index in [0.29, 0.717) is 15.8 Å². The molecule has 22 heavy (non-hydrogen) atoms. The van der Waals surface area contributed by atoms with E-state index in [1.54, 1.807) is 10.7 Å². The predicted octanol–water partition coefficient (Wildman–Crippen LogP) is 4.04. The van der Waals surface area contributed by atoms with Gasteiger partial charge < -0.3 is 0 Å². The number of carbonyl (C=O) groups excluding carboxylic acids is 1. The fraction of sp³-hybridized carbons (Fsp3) is 0.267. The number of nitrogens with one attached hydrogen (secondary N) is 1. The predicted molar refractivity (Wildman–Crippen MR) is 90.0 cm³/mol. The quantitative estimate of drug-likeness (QED) is 0.786. The Morgan fingerprint density at radius 2 is 2.18 bits per heavy atom. The van der Waals surface area contributed by atoms with E-state index in [4.69, 9.17) is 11.6 Å². The third kappa shape index (κ3) is 2.60. The molecule has 0 fully saturated rings. The molecule has 1 N–H and O–H groups in total. The van der Waals surface area contributed by atoms with Crippen molar-refractivity contribution in [3.63, 3.8) is 0 Å². The van der Waals surface area contributed by atoms with Gasteiger partial charge >= 0.3 is 0 Å². The van der Waals surface area contributed by atoms with Crippen LogP contribution in [0.3, 0.4) is 0 Å². The molecule has 3 rings (SSSR count). The average Bonchev–Trinajstić information content (AvgIpc) is 3.07. The van der Waals surface area contributed by atoms with Crippen molar-refractivity contribution in [1.82, 2.24) is 14.8 Å². The first-order valence-electron chi connectivity index (χ1n) is 6.91. The number of hydrogen-bond acceptors (Lipinski definition) is 4. The van der Waals surface area contributed by atoms with Gasteiger partial charge in [0.25, 0.3) is 5.91 Å². The molecule has 2 heterocycles. The van der Waals surface area contributed by atoms with Gasteiger partial charge in [-0.1, -0.05) is 29.0 Å². The summed E-state index contributed by atoms with van der Waals surface area (Å²) in [7, 11) is 0. The van der Waals surface area contributed by atoms with E-state index < -0.39 is 0 Å². The Balaban J connectivity index is 1.90. The van der Waals surface area contributed by atoms with E-state index in [1.807, 2.05) is 32.9 Å². The van der Waals surface area contributed by atoms with Gasteiger partial charge in [-0.25, -0.2) is 4.98 Å². The molecule has 0 saturated heterocycles. The number of amides is 1. The lowest BCUT2D eigenvalue weighted by Gasteiger charge is -1.98. The molecular weight excluding hydrogens is 320 g/mol. The van der Waals surface area contributed by atoms with Crippen LogP contribution in [0, 0.1) is 13.8 Å². The van der Waals surface area contributed by atoms with Crippen LogP contribution >= 0.6 is 22.9 Å². The molecule has 0 saturated carbocycles. The molecule has 0 bridgehead atoms. The van der Waals surface area contributed by atoms with Crippen molar-refractivity contribution in [2.24, 2.45) is 0 Å². The summed E-state index contributed by atoms with van der Waals surface area (Å²) >= 11 is 7.55. The number of nitrogens with zero attached hydrogens (tertiary/aromatic N) is 3. The molecule has 0 aliphatic heterocycles. The zero-order valence-electron chi connectivity index (χ0n) is 12.5. The van der Waals surface area contributed by atoms with Crippen molar-refractivity contribution >= 4 is 44.2 Å². The fourth-order valence-electron chi connectivity index (χ4n) is 2.26. The number of hydrogen-bond donors (Lipinski definition) is 1. The third-order valence-corrected chi connectivity index (χ3v) is 4.86. The van der Waals surface area contributed by atoms with Crippen LogP contribution in [0.5, 0.6) is 0 Å². The minimum Gasteiger partial charge on any atom is -0.296 e. The zero-order chi connectivity index (χ0) is 15.9. The maximum Gasteiger partial charge on any atom is 0.277 e. The molecule has 0 atom stereocenters. The van der Waals surface area contributed by atoms with E-state index in [1.165, 1.54) is 11.3 Å². The normalized spacial score (nSPS) is 11.1. The molecule has 0 aliphatic carbocycles. The van der Waals surface area contributed by atoms with Gasteiger partial charge in [-0.05, 0) is 38.5 Å². The number of carbonyl (C=O) groups is 1. The van der Waals surface area contributed by atoms with Gasteiger partial charge in [0.2, 0.25) is 0 Å². The second-order valence-corrected chi connectivity index (χ2v) is 6.41. The fourth-order valence-corrected chi connectivity index (χ4v) is 3.47. The summed E-state index contributed by atoms with van der Waals surface area (Å²) < 4.78 is 2.67. The van der Waals surface area contributed by atoms with Gasteiger partial charge in [-0.3, -0.25) is 14.8 Å². The number of aromatic nitrogens is 3. The monoisotopic (exact) mass is 334 g/mol. The van der Waals surface area contributed by atoms with Crippen molar-refractivity contribution in [2.45, 2.75) is 27.3 Å². The Morgan fingerprint density at radius 1 is 1.41 bits per heavy atom. The van der Waals surface area contributed by atoms with Crippen LogP contribution in [0.25, 0.3) is 10.2 Å². The molecule has 1 amide bonds. The molecule has 0 spiro atoms. The summed E-state index contributed by atoms with van der Waals surface area (Å²) in [5.41, 5.74) is 3.20. The third-order valence-electron chi connectivity index (χ3n) is 3.43. The molecule has 1 aromatic carbocycles. The minimum absolute atomic E-state index is 0.261. The van der Waals surface area contributed by atoms with Crippen molar-refractivity contribution in [3.05, 3.63) is 40.2 Å². The van der Waals surface area contributed by atoms with Gasteiger partial charge in [0.05, 0.1) is 15.2 Å². The summed E-state index contributed by atoms with van der Waals surface area (Å²) in [5.74, 6) is -0.261. The van der Waals surface area contributed by atoms with Crippen molar-refractivity contribution < 1.29 is 4.79 Å². The summed E-state index contributed by atoms with van der Waals surface area (Å²) in [6, 6.07) is 5.53. The lowest BCUT2D eigenvalue weighted by Crippen LogP contribution is -2.13. The average molecular weight is 335 g/mol. The Morgan fingerprint density at radius 3 is 2.82 bits per heavy atom. The van der Waals surface area contributed by atoms with E-state index in [-0.39, 0.29) is 5.91 Å². The van der Waals surface area contributed by atoms with Crippen LogP contribution in [-0.2, 0) is 6.54 Å². The standard InChI is InChI=1S/C15H15ClN4OS/c1-4-20-9(3)7-11(19-20)14(21)18-15-17-12-8(2)5-6-10(16)13(12)22-15/h5-7H,4H2,1-3H3,(H,17,18,21). The van der Waals surface area contributed by atoms with Crippen molar-refractivity contribution in [2.75, 3.05) is 5.32 Å². The second-order valence-electron chi connectivity index (χ2n) is 5.00. The zero-order valence-corrected chi connectivity index (χ0v) is 14.0. The van der Waals surface area contributed by atoms with Gasteiger partial charge in [0.1, 0.15) is 0 Å². The second kappa shape index (κ2) is 5.70. The number of anilines is 1. The Kier molecular flexibility index (Phi) is 3.88. The molecular formula is C15H15ClN4OS. The van der Waals surface area contributed by atoms with Crippen LogP contribution < -0.4 is 5.32 Å². The Bertz CT molecular complexity index is 829. The first kappa shape index (κ1) is 15.0. The van der Waals surface area contributed by atoms with Gasteiger partial charge in [-0.2, -0.15) is 5.10 Å². The highest BCUT2D eigenvalue weighted by atomic mass is 35.5. The summed E-state index contributed by atoms with van der Waals surface area (Å²) in [6.45, 7) is 6.61. The molecule has 114 valence electrons. The maximum atomic E-state index is 12.3. The minimum atomic E-state index is -0.261. The van der Waals surface area contributed by atoms with Crippen LogP contribution in [0.2, 0.25) is 5.02 Å². The number of benzene rings is 1. The van der Waals surface area contributed by atoms with Gasteiger partial charge in [0, 0.05) is 12.2 Å². The van der Waals surface area contributed by atoms with Crippen molar-refractivity contribution in [3.8, 4) is 0 Å². The van der Waals surface area contributed by atoms with Crippen LogP contribution in [0.1, 0.15) is 28.7 Å². The van der Waals surface area contributed by atoms with E-state index in [0.717, 1.165) is 28.0 Å². The lowest BCUT2D eigenvalue weighted by atomic mass is 10.2. The van der Waals surface area contributed by atoms with E-state index in [2.05, 4.69) is 15.4 Å². The maximum absolute atomic E-state index is 12.3. The highest BCUT2D eigenvalue weighted by molar-refractivity contribution is 7.23. The molecule has 3 aromatic rings. The largest absolute Gasteiger partial charge is 0.296 e. The van der Waals surface area contributed by atoms with Crippen molar-refractivity contribution in [1.29, 1.82) is 0 Å². The number of rotatable bonds is 3. The highest BCUT2D eigenvalue weighted by Gasteiger charge is 2.15. The first-order chi connectivity index (χ1) is 10.5. The van der Waals surface area contributed by atoms with Crippen LogP contribution in [-0.4, -0.2) is 20.7 Å². The summed E-state index contributed by atoms with van der Waals surface area (Å²) in [5, 5.41) is 8.24. The first-order valence-corrected chi connectivity index (χ1v) is 8.10. The van der Waals surface area contributed by atoms with Crippen LogP contribution in [0.15, 0.2) is 18.2 Å². The number of fused-ring (bicyclic) bond motifs is 1. The van der Waals surface area contributed by atoms with Crippen LogP contribution in [0.4, 0.5) is 5.13 Å². The topological polar surface area (TPSA) is 59.8 Å². The van der Waals surface area contributed by atoms with E-state index >= 15 is 0 Å². The highest BCUT2D eigenvalue weighted by Crippen LogP contribution is 2.33. The smallest absolute Gasteiger partial charge is 0.277 e. The van der Waals surface area contributed by atoms with Gasteiger partial charge in [-0.15, -0.1) is 0 Å². The summed E-state index contributed by atoms with van der Waals surface area (Å²) in [6.07, 6.45) is 0. The molecule has 0 radical (unpaired) electrons. The summed E-state index contributed by atoms with van der Waals surface area (Å²) in [4.78, 5) is 16.7. The van der Waals surface area contributed by atoms with E-state index in [9.17, 15) is 4.79 Å².